The molecule has 116 valence electrons. The Morgan fingerprint density at radius 1 is 1.27 bits per heavy atom. The van der Waals surface area contributed by atoms with Crippen molar-refractivity contribution in [3.63, 3.8) is 0 Å². The summed E-state index contributed by atoms with van der Waals surface area (Å²) in [5.41, 5.74) is -0.0806. The number of likely N-dealkylation sites (N-methyl/N-ethyl adjacent to an activating group) is 1. The van der Waals surface area contributed by atoms with Crippen LogP contribution in [0.3, 0.4) is 0 Å². The van der Waals surface area contributed by atoms with Gasteiger partial charge in [-0.2, -0.15) is 0 Å². The van der Waals surface area contributed by atoms with E-state index in [1.54, 1.807) is 19.2 Å². The smallest absolute Gasteiger partial charge is 0.254 e. The second-order valence-electron chi connectivity index (χ2n) is 4.62. The van der Waals surface area contributed by atoms with Gasteiger partial charge >= 0.3 is 0 Å². The zero-order valence-electron chi connectivity index (χ0n) is 11.8. The van der Waals surface area contributed by atoms with Gasteiger partial charge in [0.15, 0.2) is 0 Å². The Morgan fingerprint density at radius 3 is 2.64 bits per heavy atom. The first-order valence-corrected chi connectivity index (χ1v) is 7.67. The Labute approximate surface area is 136 Å². The summed E-state index contributed by atoms with van der Waals surface area (Å²) in [5, 5.41) is 2.42. The second-order valence-corrected chi connectivity index (χ2v) is 6.42. The van der Waals surface area contributed by atoms with Crippen molar-refractivity contribution in [2.24, 2.45) is 0 Å². The summed E-state index contributed by atoms with van der Waals surface area (Å²) < 4.78 is 14.1. The fourth-order valence-corrected chi connectivity index (χ4v) is 2.93. The van der Waals surface area contributed by atoms with Crippen molar-refractivity contribution in [1.82, 2.24) is 10.2 Å². The molecule has 0 atom stereocenters. The van der Waals surface area contributed by atoms with E-state index in [2.05, 4.69) is 5.32 Å². The normalized spacial score (nSPS) is 10.3. The molecule has 0 aliphatic heterocycles. The molecule has 0 saturated heterocycles. The van der Waals surface area contributed by atoms with Crippen molar-refractivity contribution >= 4 is 34.8 Å². The molecule has 0 spiro atoms. The van der Waals surface area contributed by atoms with Crippen LogP contribution in [0.25, 0.3) is 0 Å². The van der Waals surface area contributed by atoms with Gasteiger partial charge in [0.25, 0.3) is 5.91 Å². The number of thiophene rings is 1. The lowest BCUT2D eigenvalue weighted by Gasteiger charge is -2.16. The maximum absolute atomic E-state index is 13.4. The Bertz CT molecular complexity index is 690. The average Bonchev–Trinajstić information content (AvgIpc) is 2.90. The first-order valence-electron chi connectivity index (χ1n) is 6.48. The van der Waals surface area contributed by atoms with E-state index in [4.69, 9.17) is 11.6 Å². The lowest BCUT2D eigenvalue weighted by atomic mass is 10.2. The summed E-state index contributed by atoms with van der Waals surface area (Å²) in [6.07, 6.45) is 0. The molecule has 22 heavy (non-hydrogen) atoms. The number of benzene rings is 1. The molecule has 1 aromatic carbocycles. The van der Waals surface area contributed by atoms with Gasteiger partial charge in [0, 0.05) is 11.9 Å². The van der Waals surface area contributed by atoms with Crippen LogP contribution in [0.15, 0.2) is 36.4 Å². The third kappa shape index (κ3) is 4.29. The van der Waals surface area contributed by atoms with Gasteiger partial charge in [-0.3, -0.25) is 9.59 Å². The Balaban J connectivity index is 1.87. The predicted molar refractivity (Wildman–Crippen MR) is 84.5 cm³/mol. The third-order valence-electron chi connectivity index (χ3n) is 2.97. The van der Waals surface area contributed by atoms with Crippen LogP contribution in [0.5, 0.6) is 0 Å². The van der Waals surface area contributed by atoms with E-state index >= 15 is 0 Å². The van der Waals surface area contributed by atoms with Crippen molar-refractivity contribution in [2.75, 3.05) is 13.6 Å². The van der Waals surface area contributed by atoms with Gasteiger partial charge in [-0.15, -0.1) is 11.3 Å². The largest absolute Gasteiger partial charge is 0.343 e. The molecule has 0 unspecified atom stereocenters. The Morgan fingerprint density at radius 2 is 2.00 bits per heavy atom. The molecule has 2 rings (SSSR count). The predicted octanol–water partition coefficient (Wildman–Crippen LogP) is 2.93. The van der Waals surface area contributed by atoms with E-state index < -0.39 is 11.7 Å². The molecule has 2 aromatic rings. The topological polar surface area (TPSA) is 49.4 Å². The third-order valence-corrected chi connectivity index (χ3v) is 4.18. The first-order chi connectivity index (χ1) is 10.5. The quantitative estimate of drug-likeness (QED) is 0.909. The monoisotopic (exact) mass is 340 g/mol. The number of nitrogens with one attached hydrogen (secondary N) is 1. The van der Waals surface area contributed by atoms with E-state index in [9.17, 15) is 14.0 Å². The molecule has 4 nitrogen and oxygen atoms in total. The highest BCUT2D eigenvalue weighted by molar-refractivity contribution is 7.16. The van der Waals surface area contributed by atoms with E-state index in [1.165, 1.54) is 34.4 Å². The van der Waals surface area contributed by atoms with Gasteiger partial charge < -0.3 is 10.2 Å². The van der Waals surface area contributed by atoms with Gasteiger partial charge in [-0.05, 0) is 24.3 Å². The number of hydrogen-bond acceptors (Lipinski definition) is 3. The summed E-state index contributed by atoms with van der Waals surface area (Å²) in [4.78, 5) is 26.2. The Hall–Kier alpha value is -1.92. The van der Waals surface area contributed by atoms with Crippen molar-refractivity contribution < 1.29 is 14.0 Å². The molecule has 1 N–H and O–H groups in total. The molecule has 0 aliphatic carbocycles. The van der Waals surface area contributed by atoms with Crippen LogP contribution in [0.1, 0.15) is 15.2 Å². The number of halogens is 2. The molecule has 7 heteroatoms. The minimum atomic E-state index is -0.617. The fourth-order valence-electron chi connectivity index (χ4n) is 1.79. The Kier molecular flexibility index (Phi) is 5.51. The molecule has 0 saturated carbocycles. The molecular formula is C15H14ClFN2O2S. The summed E-state index contributed by atoms with van der Waals surface area (Å²) in [7, 11) is 1.63. The number of carbonyl (C=O) groups is 2. The molecule has 1 heterocycles. The minimum absolute atomic E-state index is 0.0806. The van der Waals surface area contributed by atoms with Crippen molar-refractivity contribution in [3.8, 4) is 0 Å². The fraction of sp³-hybridized carbons (Fsp3) is 0.200. The highest BCUT2D eigenvalue weighted by Crippen LogP contribution is 2.22. The molecule has 0 fully saturated rings. The number of hydrogen-bond donors (Lipinski definition) is 1. The van der Waals surface area contributed by atoms with Crippen LogP contribution in [0, 0.1) is 5.82 Å². The van der Waals surface area contributed by atoms with Crippen LogP contribution in [0.2, 0.25) is 4.34 Å². The SMILES string of the molecule is CN(Cc1ccc(Cl)s1)C(=O)CNC(=O)c1ccccc1F. The molecule has 0 aliphatic rings. The highest BCUT2D eigenvalue weighted by Gasteiger charge is 2.14. The maximum atomic E-state index is 13.4. The lowest BCUT2D eigenvalue weighted by molar-refractivity contribution is -0.129. The van der Waals surface area contributed by atoms with E-state index in [0.717, 1.165) is 4.88 Å². The number of carbonyl (C=O) groups excluding carboxylic acids is 2. The van der Waals surface area contributed by atoms with E-state index in [-0.39, 0.29) is 18.0 Å². The molecular weight excluding hydrogens is 327 g/mol. The summed E-state index contributed by atoms with van der Waals surface area (Å²) in [6.45, 7) is 0.217. The first kappa shape index (κ1) is 16.5. The number of rotatable bonds is 5. The molecule has 1 aromatic heterocycles. The zero-order valence-corrected chi connectivity index (χ0v) is 13.4. The zero-order chi connectivity index (χ0) is 16.1. The van der Waals surface area contributed by atoms with Gasteiger partial charge in [0.2, 0.25) is 5.91 Å². The van der Waals surface area contributed by atoms with E-state index in [1.807, 2.05) is 6.07 Å². The molecule has 2 amide bonds. The molecule has 0 bridgehead atoms. The molecule has 0 radical (unpaired) electrons. The maximum Gasteiger partial charge on any atom is 0.254 e. The van der Waals surface area contributed by atoms with Crippen molar-refractivity contribution in [2.45, 2.75) is 6.54 Å². The van der Waals surface area contributed by atoms with Gasteiger partial charge in [0.1, 0.15) is 5.82 Å². The van der Waals surface area contributed by atoms with Gasteiger partial charge in [-0.25, -0.2) is 4.39 Å². The van der Waals surface area contributed by atoms with Gasteiger partial charge in [-0.1, -0.05) is 23.7 Å². The van der Waals surface area contributed by atoms with Crippen LogP contribution in [-0.2, 0) is 11.3 Å². The van der Waals surface area contributed by atoms with Crippen molar-refractivity contribution in [3.05, 3.63) is 57.0 Å². The second kappa shape index (κ2) is 7.38. The summed E-state index contributed by atoms with van der Waals surface area (Å²) >= 11 is 7.22. The summed E-state index contributed by atoms with van der Waals surface area (Å²) in [6, 6.07) is 9.23. The van der Waals surface area contributed by atoms with Gasteiger partial charge in [0.05, 0.1) is 23.0 Å². The number of nitrogens with zero attached hydrogens (tertiary/aromatic N) is 1. The minimum Gasteiger partial charge on any atom is -0.343 e. The van der Waals surface area contributed by atoms with Crippen LogP contribution in [-0.4, -0.2) is 30.3 Å². The van der Waals surface area contributed by atoms with Crippen molar-refractivity contribution in [1.29, 1.82) is 0 Å². The number of amides is 2. The van der Waals surface area contributed by atoms with E-state index in [0.29, 0.717) is 10.9 Å². The highest BCUT2D eigenvalue weighted by atomic mass is 35.5. The van der Waals surface area contributed by atoms with Crippen LogP contribution in [0.4, 0.5) is 4.39 Å². The standard InChI is InChI=1S/C15H14ClFN2O2S/c1-19(9-10-6-7-13(16)22-10)14(20)8-18-15(21)11-4-2-3-5-12(11)17/h2-7H,8-9H2,1H3,(H,18,21). The lowest BCUT2D eigenvalue weighted by Crippen LogP contribution is -2.37. The van der Waals surface area contributed by atoms with Crippen LogP contribution < -0.4 is 5.32 Å². The average molecular weight is 341 g/mol. The van der Waals surface area contributed by atoms with Crippen LogP contribution >= 0.6 is 22.9 Å². The summed E-state index contributed by atoms with van der Waals surface area (Å²) in [5.74, 6) is -1.50.